The second-order valence-electron chi connectivity index (χ2n) is 2.74. The van der Waals surface area contributed by atoms with Crippen LogP contribution >= 0.6 is 34.8 Å². The highest BCUT2D eigenvalue weighted by Gasteiger charge is 2.29. The predicted octanol–water partition coefficient (Wildman–Crippen LogP) is 2.49. The molecule has 4 nitrogen and oxygen atoms in total. The van der Waals surface area contributed by atoms with Crippen LogP contribution in [0.3, 0.4) is 0 Å². The Morgan fingerprint density at radius 2 is 1.73 bits per heavy atom. The van der Waals surface area contributed by atoms with Crippen LogP contribution in [-0.4, -0.2) is 20.2 Å². The molecule has 1 heterocycles. The van der Waals surface area contributed by atoms with Gasteiger partial charge in [0.15, 0.2) is 0 Å². The molecule has 0 spiro atoms. The highest BCUT2D eigenvalue weighted by molar-refractivity contribution is 6.66. The van der Waals surface area contributed by atoms with Crippen molar-refractivity contribution in [3.05, 3.63) is 36.2 Å². The lowest BCUT2D eigenvalue weighted by Gasteiger charge is -2.02. The van der Waals surface area contributed by atoms with E-state index < -0.39 is 3.79 Å². The summed E-state index contributed by atoms with van der Waals surface area (Å²) in [6.07, 6.45) is 0. The van der Waals surface area contributed by atoms with Gasteiger partial charge in [0, 0.05) is 0 Å². The molecule has 0 unspecified atom stereocenters. The first kappa shape index (κ1) is 10.7. The van der Waals surface area contributed by atoms with Crippen molar-refractivity contribution in [2.75, 3.05) is 0 Å². The zero-order chi connectivity index (χ0) is 10.9. The lowest BCUT2D eigenvalue weighted by Crippen LogP contribution is -2.04. The summed E-state index contributed by atoms with van der Waals surface area (Å²) in [5, 5.41) is 11.4. The van der Waals surface area contributed by atoms with E-state index in [9.17, 15) is 0 Å². The highest BCUT2D eigenvalue weighted by atomic mass is 35.6. The number of rotatable bonds is 1. The summed E-state index contributed by atoms with van der Waals surface area (Å²) >= 11 is 16.8. The number of hydrogen-bond acceptors (Lipinski definition) is 3. The molecule has 0 amide bonds. The van der Waals surface area contributed by atoms with Gasteiger partial charge >= 0.3 is 0 Å². The van der Waals surface area contributed by atoms with E-state index in [1.165, 1.54) is 4.80 Å². The number of tetrazole rings is 1. The molecule has 2 rings (SSSR count). The Labute approximate surface area is 101 Å². The molecule has 0 aliphatic heterocycles. The molecule has 0 N–H and O–H groups in total. The van der Waals surface area contributed by atoms with Crippen LogP contribution in [0.2, 0.25) is 0 Å². The molecule has 15 heavy (non-hydrogen) atoms. The van der Waals surface area contributed by atoms with Crippen LogP contribution in [-0.2, 0) is 3.79 Å². The smallest absolute Gasteiger partial charge is 0.131 e. The highest BCUT2D eigenvalue weighted by Crippen LogP contribution is 2.35. The van der Waals surface area contributed by atoms with Crippen molar-refractivity contribution in [3.63, 3.8) is 0 Å². The van der Waals surface area contributed by atoms with Crippen LogP contribution in [0.1, 0.15) is 5.82 Å². The Hall–Kier alpha value is -0.840. The Bertz CT molecular complexity index is 448. The topological polar surface area (TPSA) is 43.6 Å². The summed E-state index contributed by atoms with van der Waals surface area (Å²) in [4.78, 5) is 1.30. The maximum Gasteiger partial charge on any atom is 0.253 e. The molecule has 0 aliphatic rings. The van der Waals surface area contributed by atoms with Crippen molar-refractivity contribution in [1.29, 1.82) is 0 Å². The standard InChI is InChI=1S/C8H5Cl3N4/c9-8(10,11)7-12-14-15(13-7)6-4-2-1-3-5-6/h1-5H. The summed E-state index contributed by atoms with van der Waals surface area (Å²) in [6.45, 7) is 0. The van der Waals surface area contributed by atoms with Crippen LogP contribution in [0.5, 0.6) is 0 Å². The van der Waals surface area contributed by atoms with Gasteiger partial charge in [0.1, 0.15) is 0 Å². The average Bonchev–Trinajstić information content (AvgIpc) is 2.67. The molecule has 1 aromatic carbocycles. The van der Waals surface area contributed by atoms with Gasteiger partial charge in [-0.1, -0.05) is 53.0 Å². The Balaban J connectivity index is 2.37. The zero-order valence-electron chi connectivity index (χ0n) is 7.31. The lowest BCUT2D eigenvalue weighted by molar-refractivity contribution is 0.718. The van der Waals surface area contributed by atoms with E-state index in [0.717, 1.165) is 5.69 Å². The van der Waals surface area contributed by atoms with E-state index in [2.05, 4.69) is 15.4 Å². The van der Waals surface area contributed by atoms with Gasteiger partial charge in [0.05, 0.1) is 5.69 Å². The molecule has 0 aliphatic carbocycles. The lowest BCUT2D eigenvalue weighted by atomic mass is 10.3. The first-order valence-corrected chi connectivity index (χ1v) is 5.13. The molecule has 78 valence electrons. The van der Waals surface area contributed by atoms with E-state index in [-0.39, 0.29) is 5.82 Å². The van der Waals surface area contributed by atoms with Gasteiger partial charge in [0.25, 0.3) is 3.79 Å². The van der Waals surface area contributed by atoms with E-state index in [1.807, 2.05) is 30.3 Å². The molecule has 0 bridgehead atoms. The molecular formula is C8H5Cl3N4. The molecule has 0 radical (unpaired) electrons. The predicted molar refractivity (Wildman–Crippen MR) is 58.4 cm³/mol. The fraction of sp³-hybridized carbons (Fsp3) is 0.125. The van der Waals surface area contributed by atoms with E-state index in [1.54, 1.807) is 0 Å². The van der Waals surface area contributed by atoms with Crippen molar-refractivity contribution in [2.24, 2.45) is 0 Å². The van der Waals surface area contributed by atoms with Gasteiger partial charge < -0.3 is 0 Å². The van der Waals surface area contributed by atoms with Gasteiger partial charge in [-0.3, -0.25) is 0 Å². The minimum atomic E-state index is -1.65. The minimum absolute atomic E-state index is 0.0522. The van der Waals surface area contributed by atoms with Crippen LogP contribution in [0, 0.1) is 0 Å². The average molecular weight is 264 g/mol. The zero-order valence-corrected chi connectivity index (χ0v) is 9.58. The number of benzene rings is 1. The number of halogens is 3. The quantitative estimate of drug-likeness (QED) is 0.743. The van der Waals surface area contributed by atoms with Crippen molar-refractivity contribution in [2.45, 2.75) is 3.79 Å². The number of hydrogen-bond donors (Lipinski definition) is 0. The number of aromatic nitrogens is 4. The fourth-order valence-electron chi connectivity index (χ4n) is 0.999. The summed E-state index contributed by atoms with van der Waals surface area (Å²) in [5.74, 6) is 0.0522. The van der Waals surface area contributed by atoms with Gasteiger partial charge in [-0.05, 0) is 17.3 Å². The van der Waals surface area contributed by atoms with Crippen LogP contribution in [0.25, 0.3) is 5.69 Å². The SMILES string of the molecule is ClC(Cl)(Cl)c1nnn(-c2ccccc2)n1. The third-order valence-electron chi connectivity index (χ3n) is 1.65. The van der Waals surface area contributed by atoms with Crippen molar-refractivity contribution >= 4 is 34.8 Å². The van der Waals surface area contributed by atoms with Crippen LogP contribution in [0.15, 0.2) is 30.3 Å². The van der Waals surface area contributed by atoms with E-state index in [4.69, 9.17) is 34.8 Å². The molecule has 7 heteroatoms. The second kappa shape index (κ2) is 3.96. The molecule has 2 aromatic rings. The summed E-state index contributed by atoms with van der Waals surface area (Å²) in [7, 11) is 0. The third-order valence-corrected chi connectivity index (χ3v) is 2.16. The molecular weight excluding hydrogens is 258 g/mol. The Morgan fingerprint density at radius 1 is 1.07 bits per heavy atom. The molecule has 0 atom stereocenters. The molecule has 0 saturated carbocycles. The Kier molecular flexibility index (Phi) is 2.82. The summed E-state index contributed by atoms with van der Waals surface area (Å²) in [6, 6.07) is 9.24. The van der Waals surface area contributed by atoms with E-state index >= 15 is 0 Å². The van der Waals surface area contributed by atoms with Crippen molar-refractivity contribution < 1.29 is 0 Å². The largest absolute Gasteiger partial charge is 0.253 e. The van der Waals surface area contributed by atoms with Gasteiger partial charge in [-0.2, -0.15) is 0 Å². The summed E-state index contributed by atoms with van der Waals surface area (Å²) in [5.41, 5.74) is 0.755. The molecule has 1 aromatic heterocycles. The van der Waals surface area contributed by atoms with Crippen LogP contribution in [0.4, 0.5) is 0 Å². The van der Waals surface area contributed by atoms with Crippen molar-refractivity contribution in [3.8, 4) is 5.69 Å². The first-order valence-electron chi connectivity index (χ1n) is 4.00. The van der Waals surface area contributed by atoms with Gasteiger partial charge in [0.2, 0.25) is 5.82 Å². The summed E-state index contributed by atoms with van der Waals surface area (Å²) < 4.78 is -1.65. The van der Waals surface area contributed by atoms with Gasteiger partial charge in [-0.15, -0.1) is 15.0 Å². The maximum atomic E-state index is 5.61. The third kappa shape index (κ3) is 2.40. The normalized spacial score (nSPS) is 11.7. The minimum Gasteiger partial charge on any atom is -0.131 e. The number of nitrogens with zero attached hydrogens (tertiary/aromatic N) is 4. The molecule has 0 fully saturated rings. The van der Waals surface area contributed by atoms with Gasteiger partial charge in [-0.25, -0.2) is 0 Å². The number of alkyl halides is 3. The monoisotopic (exact) mass is 262 g/mol. The fourth-order valence-corrected chi connectivity index (χ4v) is 1.23. The molecule has 0 saturated heterocycles. The second-order valence-corrected chi connectivity index (χ2v) is 5.02. The number of para-hydroxylation sites is 1. The van der Waals surface area contributed by atoms with Crippen molar-refractivity contribution in [1.82, 2.24) is 20.2 Å². The maximum absolute atomic E-state index is 5.61. The van der Waals surface area contributed by atoms with E-state index in [0.29, 0.717) is 0 Å². The van der Waals surface area contributed by atoms with Crippen LogP contribution < -0.4 is 0 Å². The first-order chi connectivity index (χ1) is 7.07. The Morgan fingerprint density at radius 3 is 2.27 bits per heavy atom.